The summed E-state index contributed by atoms with van der Waals surface area (Å²) in [4.78, 5) is 11.9. The number of hydrogen-bond donors (Lipinski definition) is 3. The zero-order valence-corrected chi connectivity index (χ0v) is 10.2. The van der Waals surface area contributed by atoms with Crippen molar-refractivity contribution in [1.29, 1.82) is 0 Å². The molecule has 7 heteroatoms. The Bertz CT molecular complexity index is 632. The van der Waals surface area contributed by atoms with Crippen LogP contribution >= 0.6 is 0 Å². The van der Waals surface area contributed by atoms with Crippen molar-refractivity contribution in [1.82, 2.24) is 0 Å². The highest BCUT2D eigenvalue weighted by Gasteiger charge is 2.17. The third kappa shape index (κ3) is 3.20. The number of carbonyl (C=O) groups is 1. The van der Waals surface area contributed by atoms with E-state index in [-0.39, 0.29) is 11.0 Å². The molecule has 0 atom stereocenters. The molecule has 0 aliphatic heterocycles. The molecule has 3 N–H and O–H groups in total. The molecule has 0 saturated heterocycles. The Morgan fingerprint density at radius 1 is 1.05 bits per heavy atom. The smallest absolute Gasteiger partial charge is 0.423 e. The summed E-state index contributed by atoms with van der Waals surface area (Å²) in [6.45, 7) is 0. The van der Waals surface area contributed by atoms with Gasteiger partial charge in [-0.05, 0) is 41.9 Å². The van der Waals surface area contributed by atoms with E-state index in [2.05, 4.69) is 5.32 Å². The summed E-state index contributed by atoms with van der Waals surface area (Å²) >= 11 is 0. The van der Waals surface area contributed by atoms with E-state index in [0.29, 0.717) is 5.69 Å². The maximum Gasteiger partial charge on any atom is 0.488 e. The molecule has 0 radical (unpaired) electrons. The van der Waals surface area contributed by atoms with Crippen LogP contribution in [0.25, 0.3) is 0 Å². The Hall–Kier alpha value is -2.25. The highest BCUT2D eigenvalue weighted by atomic mass is 19.1. The van der Waals surface area contributed by atoms with E-state index >= 15 is 0 Å². The minimum atomic E-state index is -1.80. The van der Waals surface area contributed by atoms with Gasteiger partial charge in [-0.25, -0.2) is 8.78 Å². The van der Waals surface area contributed by atoms with Crippen LogP contribution < -0.4 is 10.8 Å². The molecule has 0 saturated carbocycles. The van der Waals surface area contributed by atoms with Crippen LogP contribution in [-0.4, -0.2) is 23.1 Å². The number of halogens is 2. The molecule has 0 aromatic heterocycles. The summed E-state index contributed by atoms with van der Waals surface area (Å²) in [5.41, 5.74) is -0.0404. The van der Waals surface area contributed by atoms with Crippen LogP contribution in [0.3, 0.4) is 0 Å². The molecular weight excluding hydrogens is 267 g/mol. The van der Waals surface area contributed by atoms with Crippen molar-refractivity contribution in [2.24, 2.45) is 0 Å². The monoisotopic (exact) mass is 277 g/mol. The molecule has 20 heavy (non-hydrogen) atoms. The molecule has 0 aliphatic rings. The molecule has 0 spiro atoms. The van der Waals surface area contributed by atoms with E-state index < -0.39 is 24.7 Å². The van der Waals surface area contributed by atoms with Gasteiger partial charge in [-0.3, -0.25) is 4.79 Å². The van der Waals surface area contributed by atoms with E-state index in [1.807, 2.05) is 0 Å². The first-order valence-corrected chi connectivity index (χ1v) is 5.70. The second-order valence-corrected chi connectivity index (χ2v) is 4.07. The minimum Gasteiger partial charge on any atom is -0.423 e. The molecule has 2 aromatic carbocycles. The van der Waals surface area contributed by atoms with E-state index in [4.69, 9.17) is 10.0 Å². The number of benzene rings is 2. The van der Waals surface area contributed by atoms with Crippen molar-refractivity contribution in [2.45, 2.75) is 0 Å². The topological polar surface area (TPSA) is 69.6 Å². The zero-order chi connectivity index (χ0) is 14.7. The zero-order valence-electron chi connectivity index (χ0n) is 10.2. The highest BCUT2D eigenvalue weighted by molar-refractivity contribution is 6.58. The fraction of sp³-hybridized carbons (Fsp3) is 0. The number of carbonyl (C=O) groups excluding carboxylic acids is 1. The van der Waals surface area contributed by atoms with Gasteiger partial charge in [0.25, 0.3) is 5.91 Å². The molecule has 2 aromatic rings. The lowest BCUT2D eigenvalue weighted by Crippen LogP contribution is -2.31. The average molecular weight is 277 g/mol. The molecule has 1 amide bonds. The molecule has 4 nitrogen and oxygen atoms in total. The van der Waals surface area contributed by atoms with Crippen molar-refractivity contribution in [3.8, 4) is 0 Å². The van der Waals surface area contributed by atoms with Crippen molar-refractivity contribution in [3.05, 3.63) is 59.7 Å². The van der Waals surface area contributed by atoms with Crippen LogP contribution in [0, 0.1) is 11.6 Å². The van der Waals surface area contributed by atoms with Crippen LogP contribution in [0.2, 0.25) is 0 Å². The SMILES string of the molecule is O=C(Nc1ccc(F)cc1)c1cc(B(O)O)ccc1F. The first-order chi connectivity index (χ1) is 9.47. The molecule has 102 valence electrons. The third-order valence-corrected chi connectivity index (χ3v) is 2.64. The van der Waals surface area contributed by atoms with Gasteiger partial charge in [-0.2, -0.15) is 0 Å². The maximum absolute atomic E-state index is 13.6. The summed E-state index contributed by atoms with van der Waals surface area (Å²) in [5, 5.41) is 20.4. The average Bonchev–Trinajstić information content (AvgIpc) is 2.41. The number of anilines is 1. The molecule has 0 fully saturated rings. The summed E-state index contributed by atoms with van der Waals surface area (Å²) in [7, 11) is -1.80. The lowest BCUT2D eigenvalue weighted by Gasteiger charge is -2.08. The normalized spacial score (nSPS) is 10.2. The van der Waals surface area contributed by atoms with Gasteiger partial charge in [-0.15, -0.1) is 0 Å². The van der Waals surface area contributed by atoms with Crippen LogP contribution in [0.5, 0.6) is 0 Å². The summed E-state index contributed by atoms with van der Waals surface area (Å²) in [6, 6.07) is 8.13. The van der Waals surface area contributed by atoms with E-state index in [1.54, 1.807) is 0 Å². The fourth-order valence-electron chi connectivity index (χ4n) is 1.61. The Morgan fingerprint density at radius 2 is 1.70 bits per heavy atom. The molecular formula is C13H10BF2NO3. The second kappa shape index (κ2) is 5.81. The molecule has 0 bridgehead atoms. The summed E-state index contributed by atoms with van der Waals surface area (Å²) in [5.74, 6) is -2.02. The van der Waals surface area contributed by atoms with Crippen LogP contribution in [0.15, 0.2) is 42.5 Å². The molecule has 0 unspecified atom stereocenters. The van der Waals surface area contributed by atoms with Crippen molar-refractivity contribution in [2.75, 3.05) is 5.32 Å². The number of rotatable bonds is 3. The number of amides is 1. The number of hydrogen-bond acceptors (Lipinski definition) is 3. The summed E-state index contributed by atoms with van der Waals surface area (Å²) < 4.78 is 26.3. The van der Waals surface area contributed by atoms with Gasteiger partial charge in [0.1, 0.15) is 11.6 Å². The van der Waals surface area contributed by atoms with Crippen molar-refractivity contribution in [3.63, 3.8) is 0 Å². The second-order valence-electron chi connectivity index (χ2n) is 4.07. The van der Waals surface area contributed by atoms with Gasteiger partial charge in [0.15, 0.2) is 0 Å². The quantitative estimate of drug-likeness (QED) is 0.730. The van der Waals surface area contributed by atoms with Crippen LogP contribution in [0.4, 0.5) is 14.5 Å². The van der Waals surface area contributed by atoms with E-state index in [1.165, 1.54) is 12.1 Å². The Labute approximate surface area is 113 Å². The Kier molecular flexibility index (Phi) is 4.12. The fourth-order valence-corrected chi connectivity index (χ4v) is 1.61. The third-order valence-electron chi connectivity index (χ3n) is 2.64. The van der Waals surface area contributed by atoms with Crippen molar-refractivity contribution >= 4 is 24.2 Å². The lowest BCUT2D eigenvalue weighted by atomic mass is 9.79. The Balaban J connectivity index is 2.24. The van der Waals surface area contributed by atoms with Gasteiger partial charge in [-0.1, -0.05) is 6.07 Å². The predicted molar refractivity (Wildman–Crippen MR) is 70.6 cm³/mol. The lowest BCUT2D eigenvalue weighted by molar-refractivity contribution is 0.102. The molecule has 0 heterocycles. The standard InChI is InChI=1S/C13H10BF2NO3/c15-9-2-4-10(5-3-9)17-13(18)11-7-8(14(19)20)1-6-12(11)16/h1-7,19-20H,(H,17,18). The highest BCUT2D eigenvalue weighted by Crippen LogP contribution is 2.12. The summed E-state index contributed by atoms with van der Waals surface area (Å²) in [6.07, 6.45) is 0. The molecule has 0 aliphatic carbocycles. The van der Waals surface area contributed by atoms with E-state index in [0.717, 1.165) is 30.3 Å². The van der Waals surface area contributed by atoms with Crippen molar-refractivity contribution < 1.29 is 23.6 Å². The first kappa shape index (κ1) is 14.2. The Morgan fingerprint density at radius 3 is 2.30 bits per heavy atom. The maximum atomic E-state index is 13.6. The molecule has 2 rings (SSSR count). The van der Waals surface area contributed by atoms with Gasteiger partial charge in [0, 0.05) is 5.69 Å². The minimum absolute atomic E-state index is 0.00402. The van der Waals surface area contributed by atoms with Gasteiger partial charge in [0.2, 0.25) is 0 Å². The van der Waals surface area contributed by atoms with Gasteiger partial charge >= 0.3 is 7.12 Å². The van der Waals surface area contributed by atoms with Crippen LogP contribution in [-0.2, 0) is 0 Å². The van der Waals surface area contributed by atoms with E-state index in [9.17, 15) is 13.6 Å². The van der Waals surface area contributed by atoms with Crippen LogP contribution in [0.1, 0.15) is 10.4 Å². The number of nitrogens with one attached hydrogen (secondary N) is 1. The largest absolute Gasteiger partial charge is 0.488 e. The van der Waals surface area contributed by atoms with Gasteiger partial charge < -0.3 is 15.4 Å². The van der Waals surface area contributed by atoms with Gasteiger partial charge in [0.05, 0.1) is 5.56 Å². The predicted octanol–water partition coefficient (Wildman–Crippen LogP) is 0.897. The first-order valence-electron chi connectivity index (χ1n) is 5.70.